The lowest BCUT2D eigenvalue weighted by Gasteiger charge is -2.39. The first-order valence-corrected chi connectivity index (χ1v) is 7.33. The van der Waals surface area contributed by atoms with Gasteiger partial charge in [-0.3, -0.25) is 10.1 Å². The van der Waals surface area contributed by atoms with Gasteiger partial charge >= 0.3 is 0 Å². The summed E-state index contributed by atoms with van der Waals surface area (Å²) in [5, 5.41) is 14.5. The Kier molecular flexibility index (Phi) is 4.67. The van der Waals surface area contributed by atoms with Gasteiger partial charge in [-0.2, -0.15) is 0 Å². The van der Waals surface area contributed by atoms with Crippen LogP contribution in [0.1, 0.15) is 27.7 Å². The van der Waals surface area contributed by atoms with Crippen LogP contribution in [0.25, 0.3) is 0 Å². The Morgan fingerprint density at radius 1 is 1.38 bits per heavy atom. The van der Waals surface area contributed by atoms with Crippen LogP contribution in [0.5, 0.6) is 5.75 Å². The summed E-state index contributed by atoms with van der Waals surface area (Å²) in [6.45, 7) is 9.73. The van der Waals surface area contributed by atoms with Crippen molar-refractivity contribution in [2.75, 3.05) is 18.0 Å². The molecule has 1 N–H and O–H groups in total. The first-order chi connectivity index (χ1) is 9.86. The Morgan fingerprint density at radius 2 is 2.10 bits per heavy atom. The lowest BCUT2D eigenvalue weighted by Crippen LogP contribution is -2.54. The molecule has 1 aliphatic rings. The zero-order chi connectivity index (χ0) is 15.6. The second-order valence-corrected chi connectivity index (χ2v) is 5.92. The van der Waals surface area contributed by atoms with Crippen molar-refractivity contribution in [3.63, 3.8) is 0 Å². The van der Waals surface area contributed by atoms with Crippen LogP contribution in [0.3, 0.4) is 0 Å². The number of hydrogen-bond acceptors (Lipinski definition) is 5. The maximum absolute atomic E-state index is 11.1. The Hall–Kier alpha value is -1.82. The Morgan fingerprint density at radius 3 is 2.71 bits per heavy atom. The minimum atomic E-state index is -0.368. The van der Waals surface area contributed by atoms with Gasteiger partial charge in [0.2, 0.25) is 0 Å². The van der Waals surface area contributed by atoms with E-state index in [2.05, 4.69) is 24.1 Å². The second-order valence-electron chi connectivity index (χ2n) is 5.92. The fourth-order valence-corrected chi connectivity index (χ4v) is 2.56. The molecule has 0 bridgehead atoms. The number of nitrogens with one attached hydrogen (secondary N) is 1. The third kappa shape index (κ3) is 3.85. The highest BCUT2D eigenvalue weighted by molar-refractivity contribution is 5.59. The van der Waals surface area contributed by atoms with Crippen LogP contribution in [0.2, 0.25) is 0 Å². The minimum Gasteiger partial charge on any atom is -0.491 e. The van der Waals surface area contributed by atoms with Gasteiger partial charge in [-0.05, 0) is 27.7 Å². The lowest BCUT2D eigenvalue weighted by atomic mass is 10.1. The molecule has 21 heavy (non-hydrogen) atoms. The average Bonchev–Trinajstić information content (AvgIpc) is 2.40. The highest BCUT2D eigenvalue weighted by Crippen LogP contribution is 2.31. The normalized spacial score (nSPS) is 22.4. The van der Waals surface area contributed by atoms with E-state index in [1.165, 1.54) is 6.07 Å². The van der Waals surface area contributed by atoms with Crippen LogP contribution in [0, 0.1) is 10.1 Å². The third-order valence-corrected chi connectivity index (χ3v) is 3.55. The zero-order valence-electron chi connectivity index (χ0n) is 13.0. The van der Waals surface area contributed by atoms with Crippen LogP contribution >= 0.6 is 0 Å². The van der Waals surface area contributed by atoms with E-state index in [0.29, 0.717) is 11.8 Å². The van der Waals surface area contributed by atoms with E-state index in [1.54, 1.807) is 6.07 Å². The highest BCUT2D eigenvalue weighted by atomic mass is 16.6. The summed E-state index contributed by atoms with van der Waals surface area (Å²) in [6.07, 6.45) is -0.0146. The number of nitrogens with zero attached hydrogens (tertiary/aromatic N) is 2. The van der Waals surface area contributed by atoms with Crippen LogP contribution in [0.4, 0.5) is 11.4 Å². The van der Waals surface area contributed by atoms with E-state index >= 15 is 0 Å². The molecule has 0 saturated carbocycles. The number of nitro benzene ring substituents is 1. The summed E-state index contributed by atoms with van der Waals surface area (Å²) in [7, 11) is 0. The molecule has 0 spiro atoms. The molecular formula is C15H23N3O3. The summed E-state index contributed by atoms with van der Waals surface area (Å²) >= 11 is 0. The summed E-state index contributed by atoms with van der Waals surface area (Å²) in [6, 6.07) is 5.65. The van der Waals surface area contributed by atoms with Gasteiger partial charge in [0.15, 0.2) is 0 Å². The van der Waals surface area contributed by atoms with Gasteiger partial charge in [0.1, 0.15) is 5.75 Å². The number of ether oxygens (including phenoxy) is 1. The molecule has 1 saturated heterocycles. The van der Waals surface area contributed by atoms with Crippen LogP contribution < -0.4 is 15.0 Å². The Balaban J connectivity index is 2.36. The monoisotopic (exact) mass is 293 g/mol. The van der Waals surface area contributed by atoms with Crippen molar-refractivity contribution in [2.45, 2.75) is 45.9 Å². The SMILES string of the molecule is CC1CN(c2cc(OC(C)C)cc([N+](=O)[O-])c2)C(C)CN1. The molecule has 0 radical (unpaired) electrons. The van der Waals surface area contributed by atoms with Crippen molar-refractivity contribution in [2.24, 2.45) is 0 Å². The molecule has 1 aromatic carbocycles. The molecule has 0 aliphatic carbocycles. The number of piperazine rings is 1. The van der Waals surface area contributed by atoms with Crippen molar-refractivity contribution in [1.29, 1.82) is 0 Å². The zero-order valence-corrected chi connectivity index (χ0v) is 13.0. The largest absolute Gasteiger partial charge is 0.491 e. The van der Waals surface area contributed by atoms with Gasteiger partial charge in [-0.15, -0.1) is 0 Å². The topological polar surface area (TPSA) is 67.6 Å². The van der Waals surface area contributed by atoms with Crippen molar-refractivity contribution in [1.82, 2.24) is 5.32 Å². The van der Waals surface area contributed by atoms with E-state index in [9.17, 15) is 10.1 Å². The molecule has 1 aromatic rings. The fourth-order valence-electron chi connectivity index (χ4n) is 2.56. The molecule has 1 aliphatic heterocycles. The lowest BCUT2D eigenvalue weighted by molar-refractivity contribution is -0.384. The number of nitro groups is 1. The molecule has 6 heteroatoms. The van der Waals surface area contributed by atoms with Crippen molar-refractivity contribution in [3.05, 3.63) is 28.3 Å². The van der Waals surface area contributed by atoms with E-state index in [-0.39, 0.29) is 22.8 Å². The molecule has 6 nitrogen and oxygen atoms in total. The van der Waals surface area contributed by atoms with Gasteiger partial charge in [0, 0.05) is 43.0 Å². The number of rotatable bonds is 4. The Labute approximate surface area is 125 Å². The maximum Gasteiger partial charge on any atom is 0.275 e. The smallest absolute Gasteiger partial charge is 0.275 e. The van der Waals surface area contributed by atoms with Crippen LogP contribution in [-0.2, 0) is 0 Å². The van der Waals surface area contributed by atoms with E-state index < -0.39 is 0 Å². The molecule has 1 fully saturated rings. The third-order valence-electron chi connectivity index (χ3n) is 3.55. The predicted molar refractivity (Wildman–Crippen MR) is 83.1 cm³/mol. The molecule has 2 atom stereocenters. The van der Waals surface area contributed by atoms with Crippen molar-refractivity contribution < 1.29 is 9.66 Å². The Bertz CT molecular complexity index is 519. The molecule has 2 rings (SSSR count). The maximum atomic E-state index is 11.1. The average molecular weight is 293 g/mol. The van der Waals surface area contributed by atoms with Gasteiger partial charge in [0.25, 0.3) is 5.69 Å². The van der Waals surface area contributed by atoms with E-state index in [0.717, 1.165) is 18.8 Å². The molecule has 2 unspecified atom stereocenters. The summed E-state index contributed by atoms with van der Waals surface area (Å²) < 4.78 is 5.65. The predicted octanol–water partition coefficient (Wildman–Crippen LogP) is 2.57. The molecule has 0 aromatic heterocycles. The standard InChI is InChI=1S/C15H23N3O3/c1-10(2)21-15-6-13(5-14(7-15)18(19)20)17-9-11(3)16-8-12(17)4/h5-7,10-12,16H,8-9H2,1-4H3. The first-order valence-electron chi connectivity index (χ1n) is 7.33. The number of non-ortho nitro benzene ring substituents is 1. The quantitative estimate of drug-likeness (QED) is 0.682. The molecule has 0 amide bonds. The number of hydrogen-bond donors (Lipinski definition) is 1. The number of anilines is 1. The number of benzene rings is 1. The summed E-state index contributed by atoms with van der Waals surface area (Å²) in [4.78, 5) is 13.0. The second kappa shape index (κ2) is 6.30. The summed E-state index contributed by atoms with van der Waals surface area (Å²) in [5.41, 5.74) is 0.919. The van der Waals surface area contributed by atoms with E-state index in [4.69, 9.17) is 4.74 Å². The van der Waals surface area contributed by atoms with Crippen molar-refractivity contribution in [3.8, 4) is 5.75 Å². The molecule has 1 heterocycles. The van der Waals surface area contributed by atoms with Gasteiger partial charge in [-0.25, -0.2) is 0 Å². The van der Waals surface area contributed by atoms with Crippen molar-refractivity contribution >= 4 is 11.4 Å². The van der Waals surface area contributed by atoms with Gasteiger partial charge < -0.3 is 15.0 Å². The van der Waals surface area contributed by atoms with Gasteiger partial charge in [-0.1, -0.05) is 0 Å². The van der Waals surface area contributed by atoms with Crippen LogP contribution in [0.15, 0.2) is 18.2 Å². The molecule has 116 valence electrons. The first kappa shape index (κ1) is 15.6. The molecular weight excluding hydrogens is 270 g/mol. The van der Waals surface area contributed by atoms with Gasteiger partial charge in [0.05, 0.1) is 17.1 Å². The highest BCUT2D eigenvalue weighted by Gasteiger charge is 2.24. The summed E-state index contributed by atoms with van der Waals surface area (Å²) in [5.74, 6) is 0.549. The minimum absolute atomic E-state index is 0.0146. The van der Waals surface area contributed by atoms with Crippen LogP contribution in [-0.4, -0.2) is 36.2 Å². The fraction of sp³-hybridized carbons (Fsp3) is 0.600. The van der Waals surface area contributed by atoms with E-state index in [1.807, 2.05) is 19.9 Å².